The Bertz CT molecular complexity index is 1560. The summed E-state index contributed by atoms with van der Waals surface area (Å²) in [5.41, 5.74) is 4.77. The lowest BCUT2D eigenvalue weighted by Crippen LogP contribution is -2.34. The summed E-state index contributed by atoms with van der Waals surface area (Å²) in [7, 11) is 1.60. The number of rotatable bonds is 11. The monoisotopic (exact) mass is 601 g/mol. The number of benzene rings is 3. The van der Waals surface area contributed by atoms with Gasteiger partial charge in [0, 0.05) is 29.9 Å². The molecule has 2 N–H and O–H groups in total. The molecule has 2 heterocycles. The van der Waals surface area contributed by atoms with Gasteiger partial charge in [0.05, 0.1) is 25.4 Å². The SMILES string of the molecule is COc1cc2c(Oc3ccc(/C=N/NC(=S)Nc4ccccc4)cc3F)ccnc2cc1OCCCN1CCC(C)CC1. The molecule has 1 aliphatic rings. The number of hydrogen-bond donors (Lipinski definition) is 2. The summed E-state index contributed by atoms with van der Waals surface area (Å²) in [6, 6.07) is 19.4. The quantitative estimate of drug-likeness (QED) is 0.0824. The zero-order chi connectivity index (χ0) is 30.0. The van der Waals surface area contributed by atoms with Crippen LogP contribution in [0.3, 0.4) is 0 Å². The second-order valence-electron chi connectivity index (χ2n) is 10.5. The van der Waals surface area contributed by atoms with Gasteiger partial charge >= 0.3 is 0 Å². The van der Waals surface area contributed by atoms with Crippen LogP contribution in [0.4, 0.5) is 10.1 Å². The summed E-state index contributed by atoms with van der Waals surface area (Å²) < 4.78 is 32.7. The summed E-state index contributed by atoms with van der Waals surface area (Å²) in [5, 5.41) is 8.11. The molecular formula is C33H36FN5O3S. The Morgan fingerprint density at radius 3 is 2.63 bits per heavy atom. The highest BCUT2D eigenvalue weighted by atomic mass is 32.1. The first kappa shape index (κ1) is 30.2. The van der Waals surface area contributed by atoms with Gasteiger partial charge < -0.3 is 24.4 Å². The van der Waals surface area contributed by atoms with E-state index in [1.807, 2.05) is 42.5 Å². The predicted molar refractivity (Wildman–Crippen MR) is 173 cm³/mol. The molecule has 43 heavy (non-hydrogen) atoms. The number of nitrogens with zero attached hydrogens (tertiary/aromatic N) is 3. The van der Waals surface area contributed by atoms with E-state index in [9.17, 15) is 0 Å². The van der Waals surface area contributed by atoms with Gasteiger partial charge in [-0.2, -0.15) is 5.10 Å². The summed E-state index contributed by atoms with van der Waals surface area (Å²) in [4.78, 5) is 6.98. The highest BCUT2D eigenvalue weighted by Crippen LogP contribution is 2.37. The van der Waals surface area contributed by atoms with Crippen molar-refractivity contribution in [2.24, 2.45) is 11.0 Å². The number of hydrazone groups is 1. The fraction of sp³-hybridized carbons (Fsp3) is 0.303. The molecular weight excluding hydrogens is 565 g/mol. The van der Waals surface area contributed by atoms with Crippen molar-refractivity contribution in [1.82, 2.24) is 15.3 Å². The number of hydrogen-bond acceptors (Lipinski definition) is 7. The number of aromatic nitrogens is 1. The molecule has 1 aromatic heterocycles. The third-order valence-electron chi connectivity index (χ3n) is 7.33. The number of halogens is 1. The number of pyridine rings is 1. The Labute approximate surface area is 256 Å². The molecule has 0 spiro atoms. The Morgan fingerprint density at radius 2 is 1.86 bits per heavy atom. The van der Waals surface area contributed by atoms with Gasteiger partial charge in [0.1, 0.15) is 5.75 Å². The summed E-state index contributed by atoms with van der Waals surface area (Å²) in [6.07, 6.45) is 6.56. The van der Waals surface area contributed by atoms with E-state index in [0.29, 0.717) is 45.4 Å². The summed E-state index contributed by atoms with van der Waals surface area (Å²) >= 11 is 5.24. The number of ether oxygens (including phenoxy) is 3. The fourth-order valence-corrected chi connectivity index (χ4v) is 5.06. The largest absolute Gasteiger partial charge is 0.493 e. The molecule has 0 radical (unpaired) electrons. The van der Waals surface area contributed by atoms with Gasteiger partial charge in [-0.3, -0.25) is 10.4 Å². The zero-order valence-corrected chi connectivity index (χ0v) is 25.2. The summed E-state index contributed by atoms with van der Waals surface area (Å²) in [6.45, 7) is 6.23. The maximum Gasteiger partial charge on any atom is 0.191 e. The van der Waals surface area contributed by atoms with Crippen molar-refractivity contribution in [2.45, 2.75) is 26.2 Å². The molecule has 10 heteroatoms. The van der Waals surface area contributed by atoms with Crippen molar-refractivity contribution >= 4 is 40.1 Å². The number of methoxy groups -OCH3 is 1. The third-order valence-corrected chi connectivity index (χ3v) is 7.52. The van der Waals surface area contributed by atoms with Crippen molar-refractivity contribution in [1.29, 1.82) is 0 Å². The molecule has 224 valence electrons. The highest BCUT2D eigenvalue weighted by Gasteiger charge is 2.16. The molecule has 1 saturated heterocycles. The van der Waals surface area contributed by atoms with Gasteiger partial charge in [-0.15, -0.1) is 0 Å². The van der Waals surface area contributed by atoms with Gasteiger partial charge in [-0.1, -0.05) is 25.1 Å². The van der Waals surface area contributed by atoms with E-state index in [1.165, 1.54) is 25.1 Å². The molecule has 5 rings (SSSR count). The van der Waals surface area contributed by atoms with Crippen LogP contribution in [-0.2, 0) is 0 Å². The van der Waals surface area contributed by atoms with E-state index >= 15 is 4.39 Å². The van der Waals surface area contributed by atoms with Crippen molar-refractivity contribution in [2.75, 3.05) is 38.7 Å². The molecule has 0 unspecified atom stereocenters. The molecule has 1 fully saturated rings. The van der Waals surface area contributed by atoms with Crippen LogP contribution in [0, 0.1) is 11.7 Å². The first-order valence-electron chi connectivity index (χ1n) is 14.4. The Balaban J connectivity index is 1.20. The molecule has 4 aromatic rings. The Kier molecular flexibility index (Phi) is 10.4. The predicted octanol–water partition coefficient (Wildman–Crippen LogP) is 7.00. The smallest absolute Gasteiger partial charge is 0.191 e. The van der Waals surface area contributed by atoms with Crippen LogP contribution in [0.15, 0.2) is 78.0 Å². The maximum atomic E-state index is 15.0. The van der Waals surface area contributed by atoms with Gasteiger partial charge in [-0.05, 0) is 98.5 Å². The minimum Gasteiger partial charge on any atom is -0.493 e. The van der Waals surface area contributed by atoms with Crippen LogP contribution in [0.2, 0.25) is 0 Å². The number of likely N-dealkylation sites (tertiary alicyclic amines) is 1. The Morgan fingerprint density at radius 1 is 1.05 bits per heavy atom. The van der Waals surface area contributed by atoms with Gasteiger partial charge in [-0.25, -0.2) is 4.39 Å². The minimum atomic E-state index is -0.533. The third kappa shape index (κ3) is 8.39. The number of para-hydroxylation sites is 1. The van der Waals surface area contributed by atoms with E-state index in [4.69, 9.17) is 26.4 Å². The number of thiocarbonyl (C=S) groups is 1. The van der Waals surface area contributed by atoms with Crippen molar-refractivity contribution in [3.63, 3.8) is 0 Å². The Hall–Kier alpha value is -4.28. The minimum absolute atomic E-state index is 0.0743. The molecule has 1 aliphatic heterocycles. The normalized spacial score (nSPS) is 14.1. The van der Waals surface area contributed by atoms with Crippen LogP contribution in [0.25, 0.3) is 10.9 Å². The van der Waals surface area contributed by atoms with E-state index in [2.05, 4.69) is 32.7 Å². The van der Waals surface area contributed by atoms with Gasteiger partial charge in [0.2, 0.25) is 0 Å². The average Bonchev–Trinajstić information content (AvgIpc) is 3.01. The molecule has 0 bridgehead atoms. The van der Waals surface area contributed by atoms with E-state index in [1.54, 1.807) is 31.5 Å². The van der Waals surface area contributed by atoms with Crippen LogP contribution in [0.1, 0.15) is 31.7 Å². The first-order chi connectivity index (χ1) is 21.0. The number of fused-ring (bicyclic) bond motifs is 1. The van der Waals surface area contributed by atoms with Crippen molar-refractivity contribution in [3.05, 3.63) is 84.3 Å². The van der Waals surface area contributed by atoms with Gasteiger partial charge in [0.15, 0.2) is 28.2 Å². The lowest BCUT2D eigenvalue weighted by Gasteiger charge is -2.30. The standard InChI is InChI=1S/C33H36FN5O3S/c1-23-12-16-39(17-13-23)15-6-18-41-32-21-28-26(20-31(32)40-2)29(11-14-35-28)42-30-10-9-24(19-27(30)34)22-36-38-33(43)37-25-7-4-3-5-8-25/h3-5,7-11,14,19-23H,6,12-13,15-18H2,1-2H3,(H2,37,38,43)/b36-22+. The topological polar surface area (TPSA) is 80.2 Å². The van der Waals surface area contributed by atoms with E-state index in [-0.39, 0.29) is 5.75 Å². The molecule has 0 aliphatic carbocycles. The molecule has 8 nitrogen and oxygen atoms in total. The average molecular weight is 602 g/mol. The molecule has 0 atom stereocenters. The zero-order valence-electron chi connectivity index (χ0n) is 24.4. The number of nitrogens with one attached hydrogen (secondary N) is 2. The highest BCUT2D eigenvalue weighted by molar-refractivity contribution is 7.80. The summed E-state index contributed by atoms with van der Waals surface area (Å²) in [5.74, 6) is 2.00. The first-order valence-corrected chi connectivity index (χ1v) is 14.8. The van der Waals surface area contributed by atoms with E-state index in [0.717, 1.165) is 37.7 Å². The van der Waals surface area contributed by atoms with Crippen LogP contribution in [-0.4, -0.2) is 54.6 Å². The maximum absolute atomic E-state index is 15.0. The van der Waals surface area contributed by atoms with Crippen LogP contribution < -0.4 is 25.0 Å². The number of piperidine rings is 1. The van der Waals surface area contributed by atoms with Crippen LogP contribution in [0.5, 0.6) is 23.0 Å². The second kappa shape index (κ2) is 14.8. The fourth-order valence-electron chi connectivity index (χ4n) is 4.89. The molecule has 3 aromatic carbocycles. The lowest BCUT2D eigenvalue weighted by atomic mass is 9.99. The number of anilines is 1. The lowest BCUT2D eigenvalue weighted by molar-refractivity contribution is 0.176. The van der Waals surface area contributed by atoms with E-state index < -0.39 is 5.82 Å². The molecule has 0 amide bonds. The van der Waals surface area contributed by atoms with Crippen molar-refractivity contribution in [3.8, 4) is 23.0 Å². The second-order valence-corrected chi connectivity index (χ2v) is 10.9. The van der Waals surface area contributed by atoms with Crippen LogP contribution >= 0.6 is 12.2 Å². The van der Waals surface area contributed by atoms with Crippen molar-refractivity contribution < 1.29 is 18.6 Å². The molecule has 0 saturated carbocycles. The van der Waals surface area contributed by atoms with Gasteiger partial charge in [0.25, 0.3) is 0 Å².